The van der Waals surface area contributed by atoms with E-state index in [0.717, 1.165) is 29.1 Å². The maximum Gasteiger partial charge on any atom is -0.0266 e. The summed E-state index contributed by atoms with van der Waals surface area (Å²) in [6, 6.07) is 0. The summed E-state index contributed by atoms with van der Waals surface area (Å²) in [6.07, 6.45) is 25.3. The van der Waals surface area contributed by atoms with Crippen LogP contribution in [-0.2, 0) is 0 Å². The molecule has 3 unspecified atom stereocenters. The molecule has 120 valence electrons. The first-order chi connectivity index (χ1) is 10.4. The van der Waals surface area contributed by atoms with E-state index < -0.39 is 0 Å². The van der Waals surface area contributed by atoms with Crippen molar-refractivity contribution in [1.29, 1.82) is 0 Å². The summed E-state index contributed by atoms with van der Waals surface area (Å²) in [7, 11) is 0. The molecule has 0 nitrogen and oxygen atoms in total. The lowest BCUT2D eigenvalue weighted by Crippen LogP contribution is -2.40. The first kappa shape index (κ1) is 14.6. The Balaban J connectivity index is 1.56. The van der Waals surface area contributed by atoms with Crippen molar-refractivity contribution in [1.82, 2.24) is 0 Å². The lowest BCUT2D eigenvalue weighted by Gasteiger charge is -2.51. The van der Waals surface area contributed by atoms with Gasteiger partial charge in [0.25, 0.3) is 0 Å². The van der Waals surface area contributed by atoms with Crippen LogP contribution < -0.4 is 0 Å². The predicted molar refractivity (Wildman–Crippen MR) is 90.3 cm³/mol. The Morgan fingerprint density at radius 1 is 0.476 bits per heavy atom. The van der Waals surface area contributed by atoms with Gasteiger partial charge in [0.05, 0.1) is 0 Å². The minimum atomic E-state index is 0.804. The maximum atomic E-state index is 1.61. The van der Waals surface area contributed by atoms with Crippen molar-refractivity contribution >= 4 is 0 Å². The Kier molecular flexibility index (Phi) is 4.34. The second-order valence-electron chi connectivity index (χ2n) is 9.22. The fourth-order valence-corrected chi connectivity index (χ4v) is 7.02. The Hall–Kier alpha value is 0. The van der Waals surface area contributed by atoms with Crippen molar-refractivity contribution in [2.45, 2.75) is 103 Å². The van der Waals surface area contributed by atoms with E-state index in [4.69, 9.17) is 0 Å². The smallest absolute Gasteiger partial charge is 0.0266 e. The van der Waals surface area contributed by atoms with E-state index in [1.807, 2.05) is 0 Å². The highest BCUT2D eigenvalue weighted by Crippen LogP contribution is 2.56. The molecule has 3 atom stereocenters. The van der Waals surface area contributed by atoms with Crippen LogP contribution in [-0.4, -0.2) is 0 Å². The van der Waals surface area contributed by atoms with E-state index >= 15 is 0 Å². The predicted octanol–water partition coefficient (Wildman–Crippen LogP) is 6.73. The highest BCUT2D eigenvalue weighted by molar-refractivity contribution is 4.96. The molecule has 0 radical (unpaired) electrons. The third-order valence-electron chi connectivity index (χ3n) is 8.25. The Bertz CT molecular complexity index is 330. The van der Waals surface area contributed by atoms with E-state index in [2.05, 4.69) is 0 Å². The molecular weight excluding hydrogens is 252 g/mol. The van der Waals surface area contributed by atoms with Gasteiger partial charge in [0.2, 0.25) is 0 Å². The monoisotopic (exact) mass is 288 g/mol. The number of hydrogen-bond acceptors (Lipinski definition) is 0. The summed E-state index contributed by atoms with van der Waals surface area (Å²) in [5.41, 5.74) is 0.804. The Labute approximate surface area is 132 Å². The molecule has 0 heterocycles. The number of rotatable bonds is 1. The second kappa shape index (κ2) is 6.25. The lowest BCUT2D eigenvalue weighted by molar-refractivity contribution is -0.00168. The molecule has 21 heavy (non-hydrogen) atoms. The van der Waals surface area contributed by atoms with Crippen molar-refractivity contribution in [2.75, 3.05) is 0 Å². The molecule has 0 aromatic rings. The van der Waals surface area contributed by atoms with Crippen LogP contribution in [0, 0.1) is 29.1 Å². The van der Waals surface area contributed by atoms with Crippen molar-refractivity contribution in [3.63, 3.8) is 0 Å². The fraction of sp³-hybridized carbons (Fsp3) is 1.00. The van der Waals surface area contributed by atoms with Gasteiger partial charge < -0.3 is 0 Å². The molecule has 5 fully saturated rings. The summed E-state index contributed by atoms with van der Waals surface area (Å²) >= 11 is 0. The second-order valence-corrected chi connectivity index (χ2v) is 9.22. The van der Waals surface area contributed by atoms with Crippen LogP contribution in [0.3, 0.4) is 0 Å². The average molecular weight is 289 g/mol. The third-order valence-corrected chi connectivity index (χ3v) is 8.25. The maximum absolute atomic E-state index is 1.61. The standard InChI is InChI=1S/C21H36/c1-2-14-21(15-12-18(5-1)13-16-21)20-9-4-7-17-6-3-8-19(20)11-10-17/h17-20H,1-16H2. The highest BCUT2D eigenvalue weighted by atomic mass is 14.5. The molecule has 0 aliphatic heterocycles. The van der Waals surface area contributed by atoms with Crippen LogP contribution in [0.1, 0.15) is 103 Å². The lowest BCUT2D eigenvalue weighted by atomic mass is 9.54. The zero-order valence-electron chi connectivity index (χ0n) is 14.1. The molecule has 4 bridgehead atoms. The van der Waals surface area contributed by atoms with Crippen LogP contribution in [0.5, 0.6) is 0 Å². The number of hydrogen-bond donors (Lipinski definition) is 0. The Morgan fingerprint density at radius 3 is 2.05 bits per heavy atom. The van der Waals surface area contributed by atoms with Crippen LogP contribution in [0.2, 0.25) is 0 Å². The van der Waals surface area contributed by atoms with Gasteiger partial charge in [0.1, 0.15) is 0 Å². The van der Waals surface area contributed by atoms with Crippen LogP contribution >= 0.6 is 0 Å². The molecule has 5 aliphatic rings. The molecule has 5 rings (SSSR count). The van der Waals surface area contributed by atoms with Crippen molar-refractivity contribution in [2.24, 2.45) is 29.1 Å². The van der Waals surface area contributed by atoms with Gasteiger partial charge in [0.15, 0.2) is 0 Å². The van der Waals surface area contributed by atoms with E-state index in [0.29, 0.717) is 0 Å². The van der Waals surface area contributed by atoms with Gasteiger partial charge in [-0.05, 0) is 74.0 Å². The number of fused-ring (bicyclic) bond motifs is 8. The zero-order valence-corrected chi connectivity index (χ0v) is 14.1. The van der Waals surface area contributed by atoms with Gasteiger partial charge in [-0.1, -0.05) is 57.8 Å². The van der Waals surface area contributed by atoms with Crippen LogP contribution in [0.4, 0.5) is 0 Å². The van der Waals surface area contributed by atoms with Gasteiger partial charge >= 0.3 is 0 Å². The molecule has 0 aromatic heterocycles. The van der Waals surface area contributed by atoms with Crippen LogP contribution in [0.15, 0.2) is 0 Å². The van der Waals surface area contributed by atoms with Gasteiger partial charge in [-0.15, -0.1) is 0 Å². The average Bonchev–Trinajstić information content (AvgIpc) is 2.62. The summed E-state index contributed by atoms with van der Waals surface area (Å²) in [4.78, 5) is 0. The van der Waals surface area contributed by atoms with Crippen molar-refractivity contribution < 1.29 is 0 Å². The minimum Gasteiger partial charge on any atom is -0.0530 e. The van der Waals surface area contributed by atoms with Crippen molar-refractivity contribution in [3.05, 3.63) is 0 Å². The van der Waals surface area contributed by atoms with Gasteiger partial charge in [-0.2, -0.15) is 0 Å². The first-order valence-corrected chi connectivity index (χ1v) is 10.4. The minimum absolute atomic E-state index is 0.804. The first-order valence-electron chi connectivity index (χ1n) is 10.4. The summed E-state index contributed by atoms with van der Waals surface area (Å²) in [5.74, 6) is 4.47. The quantitative estimate of drug-likeness (QED) is 0.501. The Morgan fingerprint density at radius 2 is 1.19 bits per heavy atom. The molecular formula is C21H36. The molecule has 0 spiro atoms. The zero-order chi connectivity index (χ0) is 14.1. The highest BCUT2D eigenvalue weighted by Gasteiger charge is 2.45. The summed E-state index contributed by atoms with van der Waals surface area (Å²) in [6.45, 7) is 0. The topological polar surface area (TPSA) is 0 Å². The SMILES string of the molecule is C1CCC2(C3CCCC4CCCC3CC4)CCC(C1)CC2. The van der Waals surface area contributed by atoms with E-state index in [1.54, 1.807) is 103 Å². The molecule has 0 aromatic carbocycles. The third kappa shape index (κ3) is 2.93. The normalized spacial score (nSPS) is 48.0. The van der Waals surface area contributed by atoms with E-state index in [-0.39, 0.29) is 0 Å². The summed E-state index contributed by atoms with van der Waals surface area (Å²) in [5, 5.41) is 0. The molecule has 0 N–H and O–H groups in total. The molecule has 5 saturated carbocycles. The molecule has 0 heteroatoms. The fourth-order valence-electron chi connectivity index (χ4n) is 7.02. The van der Waals surface area contributed by atoms with Gasteiger partial charge in [0, 0.05) is 0 Å². The van der Waals surface area contributed by atoms with Gasteiger partial charge in [-0.3, -0.25) is 0 Å². The van der Waals surface area contributed by atoms with Crippen molar-refractivity contribution in [3.8, 4) is 0 Å². The van der Waals surface area contributed by atoms with E-state index in [9.17, 15) is 0 Å². The summed E-state index contributed by atoms with van der Waals surface area (Å²) < 4.78 is 0. The molecule has 0 saturated heterocycles. The van der Waals surface area contributed by atoms with E-state index in [1.165, 1.54) is 0 Å². The van der Waals surface area contributed by atoms with Gasteiger partial charge in [-0.25, -0.2) is 0 Å². The molecule has 0 amide bonds. The van der Waals surface area contributed by atoms with Crippen LogP contribution in [0.25, 0.3) is 0 Å². The molecule has 5 aliphatic carbocycles. The largest absolute Gasteiger partial charge is 0.0530 e.